The average Bonchev–Trinajstić information content (AvgIpc) is 2.48. The number of methoxy groups -OCH3 is 1. The van der Waals surface area contributed by atoms with E-state index in [4.69, 9.17) is 9.47 Å². The Morgan fingerprint density at radius 2 is 1.30 bits per heavy atom. The van der Waals surface area contributed by atoms with Gasteiger partial charge in [0.2, 0.25) is 0 Å². The van der Waals surface area contributed by atoms with Crippen molar-refractivity contribution in [3.63, 3.8) is 0 Å². The molecule has 0 aliphatic rings. The standard InChI is InChI=1S/C18H18O2/c1-13-5-7-17(8-6-13)15(3)20-18-11-9-16(10-12-18)14(2)19-4/h5-12H,2-3H2,1,4H3. The van der Waals surface area contributed by atoms with E-state index in [0.717, 1.165) is 16.9 Å². The largest absolute Gasteiger partial charge is 0.497 e. The van der Waals surface area contributed by atoms with Gasteiger partial charge < -0.3 is 9.47 Å². The Kier molecular flexibility index (Phi) is 4.26. The van der Waals surface area contributed by atoms with Gasteiger partial charge in [-0.2, -0.15) is 0 Å². The highest BCUT2D eigenvalue weighted by Crippen LogP contribution is 2.22. The Bertz CT molecular complexity index is 607. The molecule has 0 heterocycles. The second kappa shape index (κ2) is 6.11. The van der Waals surface area contributed by atoms with E-state index in [1.54, 1.807) is 7.11 Å². The van der Waals surface area contributed by atoms with Gasteiger partial charge in [0.25, 0.3) is 0 Å². The number of rotatable bonds is 5. The lowest BCUT2D eigenvalue weighted by Gasteiger charge is -2.10. The maximum absolute atomic E-state index is 5.74. The molecule has 2 rings (SSSR count). The van der Waals surface area contributed by atoms with Gasteiger partial charge in [0.15, 0.2) is 0 Å². The zero-order valence-corrected chi connectivity index (χ0v) is 11.8. The molecule has 0 radical (unpaired) electrons. The topological polar surface area (TPSA) is 18.5 Å². The second-order valence-corrected chi connectivity index (χ2v) is 4.54. The van der Waals surface area contributed by atoms with Crippen molar-refractivity contribution >= 4 is 11.5 Å². The van der Waals surface area contributed by atoms with Crippen molar-refractivity contribution in [3.05, 3.63) is 78.4 Å². The second-order valence-electron chi connectivity index (χ2n) is 4.54. The van der Waals surface area contributed by atoms with Crippen molar-refractivity contribution < 1.29 is 9.47 Å². The molecule has 2 aromatic rings. The van der Waals surface area contributed by atoms with Crippen LogP contribution in [0.5, 0.6) is 5.75 Å². The Morgan fingerprint density at radius 1 is 0.800 bits per heavy atom. The van der Waals surface area contributed by atoms with Gasteiger partial charge in [0, 0.05) is 11.1 Å². The molecule has 0 aliphatic heterocycles. The fourth-order valence-corrected chi connectivity index (χ4v) is 1.77. The molecule has 0 unspecified atom stereocenters. The first-order valence-electron chi connectivity index (χ1n) is 6.37. The molecule has 102 valence electrons. The van der Waals surface area contributed by atoms with Crippen molar-refractivity contribution in [1.29, 1.82) is 0 Å². The summed E-state index contributed by atoms with van der Waals surface area (Å²) in [5.41, 5.74) is 3.12. The van der Waals surface area contributed by atoms with Crippen molar-refractivity contribution in [2.75, 3.05) is 7.11 Å². The van der Waals surface area contributed by atoms with E-state index in [0.29, 0.717) is 11.5 Å². The molecule has 2 heteroatoms. The Labute approximate surface area is 120 Å². The summed E-state index contributed by atoms with van der Waals surface area (Å²) < 4.78 is 10.8. The molecule has 0 aromatic heterocycles. The fourth-order valence-electron chi connectivity index (χ4n) is 1.77. The van der Waals surface area contributed by atoms with Crippen LogP contribution >= 0.6 is 0 Å². The van der Waals surface area contributed by atoms with Gasteiger partial charge >= 0.3 is 0 Å². The van der Waals surface area contributed by atoms with Crippen molar-refractivity contribution in [2.45, 2.75) is 6.92 Å². The van der Waals surface area contributed by atoms with Gasteiger partial charge in [0.05, 0.1) is 7.11 Å². The minimum absolute atomic E-state index is 0.628. The van der Waals surface area contributed by atoms with Crippen molar-refractivity contribution in [2.24, 2.45) is 0 Å². The predicted octanol–water partition coefficient (Wildman–Crippen LogP) is 4.66. The summed E-state index contributed by atoms with van der Waals surface area (Å²) in [7, 11) is 1.60. The van der Waals surface area contributed by atoms with E-state index in [2.05, 4.69) is 20.1 Å². The number of aryl methyl sites for hydroxylation is 1. The number of benzene rings is 2. The SMILES string of the molecule is C=C(OC)c1ccc(OC(=C)c2ccc(C)cc2)cc1. The summed E-state index contributed by atoms with van der Waals surface area (Å²) in [4.78, 5) is 0. The maximum Gasteiger partial charge on any atom is 0.127 e. The molecule has 0 bridgehead atoms. The van der Waals surface area contributed by atoms with Crippen LogP contribution in [0.25, 0.3) is 11.5 Å². The average molecular weight is 266 g/mol. The molecular weight excluding hydrogens is 248 g/mol. The fraction of sp³-hybridized carbons (Fsp3) is 0.111. The lowest BCUT2D eigenvalue weighted by molar-refractivity contribution is 0.371. The Hall–Kier alpha value is -2.48. The van der Waals surface area contributed by atoms with Crippen LogP contribution < -0.4 is 4.74 Å². The molecule has 0 saturated heterocycles. The van der Waals surface area contributed by atoms with Crippen LogP contribution in [0.3, 0.4) is 0 Å². The van der Waals surface area contributed by atoms with Gasteiger partial charge in [-0.15, -0.1) is 0 Å². The van der Waals surface area contributed by atoms with E-state index in [1.807, 2.05) is 48.5 Å². The zero-order valence-electron chi connectivity index (χ0n) is 11.8. The van der Waals surface area contributed by atoms with E-state index >= 15 is 0 Å². The molecule has 0 N–H and O–H groups in total. The third kappa shape index (κ3) is 3.29. The van der Waals surface area contributed by atoms with Gasteiger partial charge in [-0.25, -0.2) is 0 Å². The van der Waals surface area contributed by atoms with Crippen LogP contribution in [0, 0.1) is 6.92 Å². The van der Waals surface area contributed by atoms with Gasteiger partial charge in [-0.3, -0.25) is 0 Å². The summed E-state index contributed by atoms with van der Waals surface area (Å²) in [5.74, 6) is 2.00. The molecule has 2 nitrogen and oxygen atoms in total. The Morgan fingerprint density at radius 3 is 1.85 bits per heavy atom. The van der Waals surface area contributed by atoms with Crippen LogP contribution in [0.15, 0.2) is 61.7 Å². The summed E-state index contributed by atoms with van der Waals surface area (Å²) in [6, 6.07) is 15.6. The minimum Gasteiger partial charge on any atom is -0.497 e. The highest BCUT2D eigenvalue weighted by atomic mass is 16.5. The molecule has 0 fully saturated rings. The van der Waals surface area contributed by atoms with E-state index in [9.17, 15) is 0 Å². The van der Waals surface area contributed by atoms with Gasteiger partial charge in [-0.1, -0.05) is 43.0 Å². The molecule has 0 spiro atoms. The van der Waals surface area contributed by atoms with Gasteiger partial charge in [0.1, 0.15) is 17.3 Å². The first-order valence-corrected chi connectivity index (χ1v) is 6.37. The normalized spacial score (nSPS) is 9.90. The van der Waals surface area contributed by atoms with Crippen LogP contribution in [-0.2, 0) is 4.74 Å². The number of ether oxygens (including phenoxy) is 2. The lowest BCUT2D eigenvalue weighted by atomic mass is 10.1. The first kappa shape index (κ1) is 13.9. The first-order chi connectivity index (χ1) is 9.60. The van der Waals surface area contributed by atoms with Crippen LogP contribution in [0.2, 0.25) is 0 Å². The van der Waals surface area contributed by atoms with Crippen molar-refractivity contribution in [1.82, 2.24) is 0 Å². The van der Waals surface area contributed by atoms with E-state index < -0.39 is 0 Å². The number of hydrogen-bond acceptors (Lipinski definition) is 2. The third-order valence-electron chi connectivity index (χ3n) is 3.04. The molecule has 0 aliphatic carbocycles. The van der Waals surface area contributed by atoms with Gasteiger partial charge in [-0.05, 0) is 31.2 Å². The highest BCUT2D eigenvalue weighted by molar-refractivity contribution is 5.61. The molecule has 0 amide bonds. The molecule has 0 saturated carbocycles. The van der Waals surface area contributed by atoms with E-state index in [1.165, 1.54) is 5.56 Å². The van der Waals surface area contributed by atoms with Crippen LogP contribution in [0.4, 0.5) is 0 Å². The van der Waals surface area contributed by atoms with Crippen LogP contribution in [0.1, 0.15) is 16.7 Å². The third-order valence-corrected chi connectivity index (χ3v) is 3.04. The number of hydrogen-bond donors (Lipinski definition) is 0. The highest BCUT2D eigenvalue weighted by Gasteiger charge is 2.03. The molecule has 20 heavy (non-hydrogen) atoms. The molecular formula is C18H18O2. The smallest absolute Gasteiger partial charge is 0.127 e. The summed E-state index contributed by atoms with van der Waals surface area (Å²) in [6.07, 6.45) is 0. The molecule has 2 aromatic carbocycles. The maximum atomic E-state index is 5.74. The predicted molar refractivity (Wildman–Crippen MR) is 83.3 cm³/mol. The monoisotopic (exact) mass is 266 g/mol. The van der Waals surface area contributed by atoms with Crippen LogP contribution in [-0.4, -0.2) is 7.11 Å². The summed E-state index contributed by atoms with van der Waals surface area (Å²) >= 11 is 0. The molecule has 0 atom stereocenters. The zero-order chi connectivity index (χ0) is 14.5. The quantitative estimate of drug-likeness (QED) is 0.733. The summed E-state index contributed by atoms with van der Waals surface area (Å²) in [6.45, 7) is 9.82. The van der Waals surface area contributed by atoms with E-state index in [-0.39, 0.29) is 0 Å². The lowest BCUT2D eigenvalue weighted by Crippen LogP contribution is -1.94. The Balaban J connectivity index is 2.08. The van der Waals surface area contributed by atoms with Crippen molar-refractivity contribution in [3.8, 4) is 5.75 Å². The summed E-state index contributed by atoms with van der Waals surface area (Å²) in [5, 5.41) is 0. The minimum atomic E-state index is 0.628.